The van der Waals surface area contributed by atoms with E-state index < -0.39 is 28.6 Å². The van der Waals surface area contributed by atoms with Gasteiger partial charge in [0.25, 0.3) is 0 Å². The molecule has 8 heteroatoms. The van der Waals surface area contributed by atoms with Crippen molar-refractivity contribution in [3.8, 4) is 0 Å². The van der Waals surface area contributed by atoms with Crippen LogP contribution in [0.3, 0.4) is 0 Å². The van der Waals surface area contributed by atoms with E-state index in [0.29, 0.717) is 0 Å². The third-order valence-electron chi connectivity index (χ3n) is 1.94. The molecule has 21 heavy (non-hydrogen) atoms. The van der Waals surface area contributed by atoms with Crippen molar-refractivity contribution < 1.29 is 29.0 Å². The van der Waals surface area contributed by atoms with E-state index in [9.17, 15) is 14.4 Å². The van der Waals surface area contributed by atoms with E-state index in [-0.39, 0.29) is 18.7 Å². The van der Waals surface area contributed by atoms with Crippen LogP contribution in [0.5, 0.6) is 0 Å². The Morgan fingerprint density at radius 3 is 2.10 bits per heavy atom. The minimum absolute atomic E-state index is 0.182. The summed E-state index contributed by atoms with van der Waals surface area (Å²) in [5.41, 5.74) is -0.576. The first-order chi connectivity index (χ1) is 9.41. The molecule has 122 valence electrons. The maximum Gasteiger partial charge on any atom is 0.408 e. The lowest BCUT2D eigenvalue weighted by Gasteiger charge is -2.25. The van der Waals surface area contributed by atoms with Crippen molar-refractivity contribution in [3.63, 3.8) is 0 Å². The van der Waals surface area contributed by atoms with Crippen LogP contribution >= 0.6 is 11.8 Å². The number of hydrogen-bond donors (Lipinski definition) is 2. The third kappa shape index (κ3) is 12.0. The molecule has 0 aliphatic carbocycles. The fourth-order valence-electron chi connectivity index (χ4n) is 1.15. The molecule has 0 rings (SSSR count). The van der Waals surface area contributed by atoms with Gasteiger partial charge in [-0.3, -0.25) is 9.59 Å². The average molecular weight is 321 g/mol. The molecule has 7 nitrogen and oxygen atoms in total. The molecule has 0 spiro atoms. The molecule has 0 aliphatic rings. The Morgan fingerprint density at radius 2 is 1.62 bits per heavy atom. The Morgan fingerprint density at radius 1 is 1.05 bits per heavy atom. The van der Waals surface area contributed by atoms with E-state index in [4.69, 9.17) is 14.6 Å². The summed E-state index contributed by atoms with van der Waals surface area (Å²) in [5.74, 6) is -1.44. The van der Waals surface area contributed by atoms with Gasteiger partial charge in [0.2, 0.25) is 0 Å². The van der Waals surface area contributed by atoms with Crippen molar-refractivity contribution in [2.45, 2.75) is 58.0 Å². The number of carbonyl (C=O) groups excluding carboxylic acids is 2. The van der Waals surface area contributed by atoms with Crippen LogP contribution in [-0.4, -0.2) is 39.5 Å². The first kappa shape index (κ1) is 19.6. The summed E-state index contributed by atoms with van der Waals surface area (Å²) < 4.78 is 10.2. The highest BCUT2D eigenvalue weighted by Gasteiger charge is 2.24. The average Bonchev–Trinajstić information content (AvgIpc) is 2.22. The van der Waals surface area contributed by atoms with E-state index in [1.165, 1.54) is 11.8 Å². The fourth-order valence-corrected chi connectivity index (χ4v) is 1.84. The number of aliphatic carboxylic acids is 1. The second-order valence-corrected chi connectivity index (χ2v) is 7.30. The number of nitrogens with one attached hydrogen (secondary N) is 1. The van der Waals surface area contributed by atoms with Gasteiger partial charge in [0.05, 0.1) is 18.7 Å². The normalized spacial score (nSPS) is 11.7. The van der Waals surface area contributed by atoms with E-state index in [1.807, 2.05) is 0 Å². The number of alkyl carbamates (subject to hydrolysis) is 1. The van der Waals surface area contributed by atoms with Crippen molar-refractivity contribution in [1.82, 2.24) is 5.32 Å². The summed E-state index contributed by atoms with van der Waals surface area (Å²) >= 11 is 1.19. The highest BCUT2D eigenvalue weighted by molar-refractivity contribution is 8.00. The van der Waals surface area contributed by atoms with Crippen LogP contribution in [0.15, 0.2) is 0 Å². The molecular formula is C13H23NO6S. The van der Waals surface area contributed by atoms with Crippen LogP contribution in [0, 0.1) is 0 Å². The lowest BCUT2D eigenvalue weighted by atomic mass is 10.2. The third-order valence-corrected chi connectivity index (χ3v) is 3.00. The zero-order chi connectivity index (χ0) is 16.7. The molecule has 0 heterocycles. The van der Waals surface area contributed by atoms with Crippen LogP contribution in [0.25, 0.3) is 0 Å². The highest BCUT2D eigenvalue weighted by Crippen LogP contribution is 2.25. The molecular weight excluding hydrogens is 298 g/mol. The monoisotopic (exact) mass is 321 g/mol. The van der Waals surface area contributed by atoms with E-state index in [2.05, 4.69) is 5.32 Å². The summed E-state index contributed by atoms with van der Waals surface area (Å²) in [6.45, 7) is 8.59. The molecule has 0 radical (unpaired) electrons. The van der Waals surface area contributed by atoms with Gasteiger partial charge in [0.15, 0.2) is 4.93 Å². The first-order valence-corrected chi connectivity index (χ1v) is 7.44. The zero-order valence-electron chi connectivity index (χ0n) is 13.0. The summed E-state index contributed by atoms with van der Waals surface area (Å²) in [5, 5.41) is 11.0. The standard InChI is InChI=1S/C13H23NO6S/c1-12(2,3)20-11(18)14-8-21-13(4,5)19-10(17)7-6-9(15)16/h6-8H2,1-5H3,(H,14,18)(H,15,16). The van der Waals surface area contributed by atoms with Crippen LogP contribution < -0.4 is 5.32 Å². The van der Waals surface area contributed by atoms with Crippen molar-refractivity contribution in [2.75, 3.05) is 5.88 Å². The van der Waals surface area contributed by atoms with Crippen molar-refractivity contribution in [1.29, 1.82) is 0 Å². The second kappa shape index (κ2) is 8.11. The Hall–Kier alpha value is -1.44. The van der Waals surface area contributed by atoms with Crippen LogP contribution in [0.4, 0.5) is 4.79 Å². The van der Waals surface area contributed by atoms with Gasteiger partial charge >= 0.3 is 18.0 Å². The number of carboxylic acid groups (broad SMARTS) is 1. The minimum atomic E-state index is -1.05. The van der Waals surface area contributed by atoms with Crippen molar-refractivity contribution in [2.24, 2.45) is 0 Å². The number of rotatable bonds is 7. The molecule has 0 saturated carbocycles. The maximum absolute atomic E-state index is 11.4. The molecule has 0 saturated heterocycles. The Kier molecular flexibility index (Phi) is 7.56. The molecule has 0 aromatic carbocycles. The van der Waals surface area contributed by atoms with Crippen molar-refractivity contribution in [3.05, 3.63) is 0 Å². The van der Waals surface area contributed by atoms with Crippen molar-refractivity contribution >= 4 is 29.8 Å². The number of ether oxygens (including phenoxy) is 2. The summed E-state index contributed by atoms with van der Waals surface area (Å²) in [7, 11) is 0. The number of carboxylic acids is 1. The van der Waals surface area contributed by atoms with Gasteiger partial charge in [-0.05, 0) is 34.6 Å². The molecule has 0 atom stereocenters. The summed E-state index contributed by atoms with van der Waals surface area (Å²) in [6, 6.07) is 0. The number of amides is 1. The molecule has 1 amide bonds. The van der Waals surface area contributed by atoms with Gasteiger partial charge in [0, 0.05) is 0 Å². The molecule has 0 fully saturated rings. The van der Waals surface area contributed by atoms with Gasteiger partial charge < -0.3 is 19.9 Å². The predicted octanol–water partition coefficient (Wildman–Crippen LogP) is 2.35. The largest absolute Gasteiger partial charge is 0.481 e. The quantitative estimate of drug-likeness (QED) is 0.548. The van der Waals surface area contributed by atoms with Crippen LogP contribution in [0.2, 0.25) is 0 Å². The van der Waals surface area contributed by atoms with E-state index in [0.717, 1.165) is 0 Å². The number of carbonyl (C=O) groups is 3. The van der Waals surface area contributed by atoms with Gasteiger partial charge in [0.1, 0.15) is 5.60 Å². The molecule has 0 bridgehead atoms. The smallest absolute Gasteiger partial charge is 0.408 e. The zero-order valence-corrected chi connectivity index (χ0v) is 13.8. The topological polar surface area (TPSA) is 102 Å². The minimum Gasteiger partial charge on any atom is -0.481 e. The van der Waals surface area contributed by atoms with E-state index >= 15 is 0 Å². The molecule has 0 aromatic heterocycles. The van der Waals surface area contributed by atoms with E-state index in [1.54, 1.807) is 34.6 Å². The number of esters is 1. The molecule has 0 aliphatic heterocycles. The van der Waals surface area contributed by atoms with Gasteiger partial charge in [-0.25, -0.2) is 4.79 Å². The Balaban J connectivity index is 4.04. The van der Waals surface area contributed by atoms with Gasteiger partial charge in [-0.1, -0.05) is 11.8 Å². The molecule has 2 N–H and O–H groups in total. The lowest BCUT2D eigenvalue weighted by molar-refractivity contribution is -0.152. The summed E-state index contributed by atoms with van der Waals surface area (Å²) in [6.07, 6.45) is -1.00. The Bertz CT molecular complexity index is 389. The fraction of sp³-hybridized carbons (Fsp3) is 0.769. The number of hydrogen-bond acceptors (Lipinski definition) is 6. The second-order valence-electron chi connectivity index (χ2n) is 5.73. The molecule has 0 unspecified atom stereocenters. The number of thioether (sulfide) groups is 1. The van der Waals surface area contributed by atoms with Gasteiger partial charge in [-0.2, -0.15) is 0 Å². The highest BCUT2D eigenvalue weighted by atomic mass is 32.2. The van der Waals surface area contributed by atoms with Crippen LogP contribution in [0.1, 0.15) is 47.5 Å². The first-order valence-electron chi connectivity index (χ1n) is 6.46. The van der Waals surface area contributed by atoms with Gasteiger partial charge in [-0.15, -0.1) is 0 Å². The predicted molar refractivity (Wildman–Crippen MR) is 78.9 cm³/mol. The SMILES string of the molecule is CC(C)(C)OC(=O)NCSC(C)(C)OC(=O)CCC(=O)O. The van der Waals surface area contributed by atoms with Crippen LogP contribution in [-0.2, 0) is 19.1 Å². The summed E-state index contributed by atoms with van der Waals surface area (Å²) in [4.78, 5) is 32.3. The Labute approximate surface area is 128 Å². The maximum atomic E-state index is 11.4. The molecule has 0 aromatic rings. The lowest BCUT2D eigenvalue weighted by Crippen LogP contribution is -2.34.